The number of hydrogen-bond donors (Lipinski definition) is 3. The van der Waals surface area contributed by atoms with Crippen molar-refractivity contribution in [3.63, 3.8) is 0 Å². The molecule has 3 heterocycles. The van der Waals surface area contributed by atoms with Crippen molar-refractivity contribution in [3.8, 4) is 0 Å². The van der Waals surface area contributed by atoms with E-state index in [1.807, 2.05) is 20.8 Å². The van der Waals surface area contributed by atoms with Gasteiger partial charge in [0, 0.05) is 38.5 Å². The summed E-state index contributed by atoms with van der Waals surface area (Å²) in [5.41, 5.74) is 9.14. The van der Waals surface area contributed by atoms with Crippen molar-refractivity contribution < 1.29 is 14.7 Å². The Morgan fingerprint density at radius 3 is 2.74 bits per heavy atom. The number of anilines is 2. The average Bonchev–Trinajstić information content (AvgIpc) is 2.80. The molecule has 0 aliphatic carbocycles. The third-order valence-electron chi connectivity index (χ3n) is 6.16. The number of aryl methyl sites for hydroxylation is 2. The highest BCUT2D eigenvalue weighted by Crippen LogP contribution is 2.24. The summed E-state index contributed by atoms with van der Waals surface area (Å²) < 4.78 is 1.57. The molecule has 2 aromatic rings. The van der Waals surface area contributed by atoms with Crippen LogP contribution in [0.3, 0.4) is 0 Å². The van der Waals surface area contributed by atoms with Gasteiger partial charge in [0.25, 0.3) is 11.5 Å². The summed E-state index contributed by atoms with van der Waals surface area (Å²) in [6.07, 6.45) is 2.22. The van der Waals surface area contributed by atoms with Gasteiger partial charge in [-0.2, -0.15) is 0 Å². The normalized spacial score (nSPS) is 13.9. The van der Waals surface area contributed by atoms with E-state index in [9.17, 15) is 19.5 Å². The molecule has 0 aromatic carbocycles. The van der Waals surface area contributed by atoms with Gasteiger partial charge < -0.3 is 20.7 Å². The van der Waals surface area contributed by atoms with Crippen LogP contribution in [0.1, 0.15) is 43.5 Å². The minimum absolute atomic E-state index is 0.0844. The van der Waals surface area contributed by atoms with Gasteiger partial charge in [-0.1, -0.05) is 5.57 Å². The maximum Gasteiger partial charge on any atom is 0.275 e. The van der Waals surface area contributed by atoms with Crippen molar-refractivity contribution in [1.29, 1.82) is 0 Å². The Morgan fingerprint density at radius 2 is 2.06 bits per heavy atom. The molecule has 10 nitrogen and oxygen atoms in total. The van der Waals surface area contributed by atoms with Crippen LogP contribution in [0.4, 0.5) is 11.5 Å². The first-order valence-corrected chi connectivity index (χ1v) is 11.2. The van der Waals surface area contributed by atoms with E-state index in [0.717, 1.165) is 11.1 Å². The second-order valence-electron chi connectivity index (χ2n) is 8.35. The second-order valence-corrected chi connectivity index (χ2v) is 8.35. The van der Waals surface area contributed by atoms with Gasteiger partial charge in [-0.25, -0.2) is 9.99 Å². The van der Waals surface area contributed by atoms with Crippen LogP contribution < -0.4 is 21.6 Å². The van der Waals surface area contributed by atoms with Gasteiger partial charge in [-0.05, 0) is 56.5 Å². The van der Waals surface area contributed by atoms with Crippen LogP contribution in [0.15, 0.2) is 40.3 Å². The highest BCUT2D eigenvalue weighted by Gasteiger charge is 2.30. The van der Waals surface area contributed by atoms with Crippen LogP contribution in [0, 0.1) is 6.92 Å². The molecular weight excluding hydrogens is 436 g/mol. The lowest BCUT2D eigenvalue weighted by Gasteiger charge is -2.37. The Labute approximate surface area is 198 Å². The first-order valence-electron chi connectivity index (χ1n) is 11.2. The smallest absolute Gasteiger partial charge is 0.275 e. The maximum absolute atomic E-state index is 13.3. The maximum atomic E-state index is 13.3. The topological polar surface area (TPSA) is 134 Å². The number of pyridine rings is 2. The molecule has 34 heavy (non-hydrogen) atoms. The van der Waals surface area contributed by atoms with Crippen molar-refractivity contribution in [1.82, 2.24) is 19.9 Å². The number of rotatable bonds is 8. The van der Waals surface area contributed by atoms with E-state index >= 15 is 0 Å². The van der Waals surface area contributed by atoms with Gasteiger partial charge in [0.05, 0.1) is 18.7 Å². The molecule has 1 aliphatic rings. The Hall–Kier alpha value is -3.66. The number of amides is 2. The van der Waals surface area contributed by atoms with Crippen molar-refractivity contribution >= 4 is 23.3 Å². The van der Waals surface area contributed by atoms with Gasteiger partial charge in [0.15, 0.2) is 0 Å². The molecule has 2 amide bonds. The predicted molar refractivity (Wildman–Crippen MR) is 130 cm³/mol. The molecule has 0 saturated carbocycles. The summed E-state index contributed by atoms with van der Waals surface area (Å²) >= 11 is 0. The zero-order chi connectivity index (χ0) is 25.0. The summed E-state index contributed by atoms with van der Waals surface area (Å²) in [7, 11) is 1.68. The quantitative estimate of drug-likeness (QED) is 0.531. The number of aliphatic hydroxyl groups excluding tert-OH is 1. The van der Waals surface area contributed by atoms with E-state index in [2.05, 4.69) is 10.3 Å². The van der Waals surface area contributed by atoms with Crippen molar-refractivity contribution in [2.45, 2.75) is 53.3 Å². The molecule has 1 aliphatic heterocycles. The monoisotopic (exact) mass is 468 g/mol. The lowest BCUT2D eigenvalue weighted by atomic mass is 9.98. The molecule has 0 atom stereocenters. The molecule has 2 aromatic heterocycles. The molecule has 0 fully saturated rings. The Morgan fingerprint density at radius 1 is 1.32 bits per heavy atom. The molecule has 10 heteroatoms. The number of hydrogen-bond acceptors (Lipinski definition) is 7. The Kier molecular flexibility index (Phi) is 7.72. The highest BCUT2D eigenvalue weighted by molar-refractivity contribution is 6.00. The van der Waals surface area contributed by atoms with Crippen LogP contribution in [-0.2, 0) is 29.3 Å². The predicted octanol–water partition coefficient (Wildman–Crippen LogP) is 1.25. The fourth-order valence-corrected chi connectivity index (χ4v) is 4.10. The van der Waals surface area contributed by atoms with E-state index in [-0.39, 0.29) is 36.9 Å². The number of carbonyl (C=O) groups is 2. The number of nitrogen functional groups attached to an aromatic ring is 1. The van der Waals surface area contributed by atoms with Crippen molar-refractivity contribution in [2.24, 2.45) is 0 Å². The van der Waals surface area contributed by atoms with E-state index in [0.29, 0.717) is 47.8 Å². The fraction of sp³-hybridized carbons (Fsp3) is 0.417. The SMILES string of the molecule is CCn1cccc(N(C)N2CCC(C)=C(CC(=O)NCc3c(C)cc(N)nc3CO)C2=O)c1=O. The third kappa shape index (κ3) is 5.12. The Bertz CT molecular complexity index is 1190. The number of carbonyl (C=O) groups excluding carboxylic acids is 2. The number of hydrazine groups is 1. The van der Waals surface area contributed by atoms with Gasteiger partial charge in [0.2, 0.25) is 5.91 Å². The summed E-state index contributed by atoms with van der Waals surface area (Å²) in [6, 6.07) is 5.14. The lowest BCUT2D eigenvalue weighted by molar-refractivity contribution is -0.130. The number of aromatic nitrogens is 2. The first-order chi connectivity index (χ1) is 16.2. The minimum Gasteiger partial charge on any atom is -0.390 e. The van der Waals surface area contributed by atoms with Gasteiger partial charge in [0.1, 0.15) is 11.5 Å². The van der Waals surface area contributed by atoms with Crippen molar-refractivity contribution in [3.05, 3.63) is 62.7 Å². The highest BCUT2D eigenvalue weighted by atomic mass is 16.3. The molecule has 0 radical (unpaired) electrons. The standard InChI is InChI=1S/C24H32N6O4/c1-5-29-9-6-7-20(24(29)34)28(4)30-10-8-15(2)17(23(30)33)12-22(32)26-13-18-16(3)11-21(25)27-19(18)14-31/h6-7,9,11,31H,5,8,10,12-14H2,1-4H3,(H2,25,27)(H,26,32). The van der Waals surface area contributed by atoms with E-state index in [1.54, 1.807) is 41.0 Å². The number of aliphatic hydroxyl groups is 1. The molecule has 182 valence electrons. The summed E-state index contributed by atoms with van der Waals surface area (Å²) in [4.78, 5) is 42.9. The zero-order valence-electron chi connectivity index (χ0n) is 20.1. The van der Waals surface area contributed by atoms with E-state index in [1.165, 1.54) is 5.01 Å². The summed E-state index contributed by atoms with van der Waals surface area (Å²) in [5, 5.41) is 15.5. The molecule has 4 N–H and O–H groups in total. The Balaban J connectivity index is 1.73. The fourth-order valence-electron chi connectivity index (χ4n) is 4.10. The average molecular weight is 469 g/mol. The molecule has 0 unspecified atom stereocenters. The van der Waals surface area contributed by atoms with E-state index in [4.69, 9.17) is 5.73 Å². The molecule has 0 saturated heterocycles. The number of nitrogens with one attached hydrogen (secondary N) is 1. The molecule has 3 rings (SSSR count). The summed E-state index contributed by atoms with van der Waals surface area (Å²) in [5.74, 6) is -0.312. The second kappa shape index (κ2) is 10.5. The number of nitrogens with two attached hydrogens (primary N) is 1. The van der Waals surface area contributed by atoms with Crippen LogP contribution in [-0.4, -0.2) is 45.1 Å². The third-order valence-corrected chi connectivity index (χ3v) is 6.16. The minimum atomic E-state index is -0.319. The van der Waals surface area contributed by atoms with Crippen molar-refractivity contribution in [2.75, 3.05) is 24.3 Å². The largest absolute Gasteiger partial charge is 0.390 e. The van der Waals surface area contributed by atoms with Crippen LogP contribution in [0.5, 0.6) is 0 Å². The molecule has 0 bridgehead atoms. The summed E-state index contributed by atoms with van der Waals surface area (Å²) in [6.45, 7) is 6.38. The van der Waals surface area contributed by atoms with Crippen LogP contribution >= 0.6 is 0 Å². The number of nitrogens with zero attached hydrogens (tertiary/aromatic N) is 4. The molecule has 0 spiro atoms. The first kappa shape index (κ1) is 25.0. The van der Waals surface area contributed by atoms with Crippen LogP contribution in [0.2, 0.25) is 0 Å². The van der Waals surface area contributed by atoms with Gasteiger partial charge in [-0.3, -0.25) is 19.4 Å². The van der Waals surface area contributed by atoms with Gasteiger partial charge >= 0.3 is 0 Å². The zero-order valence-corrected chi connectivity index (χ0v) is 20.1. The molecular formula is C24H32N6O4. The van der Waals surface area contributed by atoms with E-state index < -0.39 is 0 Å². The van der Waals surface area contributed by atoms with Gasteiger partial charge in [-0.15, -0.1) is 0 Å². The van der Waals surface area contributed by atoms with Crippen LogP contribution in [0.25, 0.3) is 0 Å². The lowest BCUT2D eigenvalue weighted by Crippen LogP contribution is -2.50.